The first-order valence-corrected chi connectivity index (χ1v) is 9.39. The van der Waals surface area contributed by atoms with Gasteiger partial charge >= 0.3 is 5.97 Å². The van der Waals surface area contributed by atoms with Crippen LogP contribution in [0.1, 0.15) is 36.1 Å². The Morgan fingerprint density at radius 1 is 1.50 bits per heavy atom. The summed E-state index contributed by atoms with van der Waals surface area (Å²) in [5.74, 6) is -1.06. The third kappa shape index (κ3) is 3.30. The lowest BCUT2D eigenvalue weighted by atomic mass is 10.2. The fraction of sp³-hybridized carbons (Fsp3) is 0.636. The zero-order valence-corrected chi connectivity index (χ0v) is 13.2. The predicted molar refractivity (Wildman–Crippen MR) is 75.5 cm³/mol. The zero-order valence-electron chi connectivity index (χ0n) is 11.4. The number of nitrogens with two attached hydrogens (primary N) is 1. The minimum absolute atomic E-state index is 0.0104. The smallest absolute Gasteiger partial charge is 0.355 e. The zero-order chi connectivity index (χ0) is 14.1. The Balaban J connectivity index is 2.84. The number of aromatic carboxylic acids is 1. The molecule has 0 unspecified atom stereocenters. The minimum atomic E-state index is -1.89. The SMILES string of the molecule is CC(C)(C)[Si](C)(C)OCc1sc(N)nc1C(=O)O. The van der Waals surface area contributed by atoms with Crippen molar-refractivity contribution in [2.45, 2.75) is 45.5 Å². The Morgan fingerprint density at radius 3 is 2.50 bits per heavy atom. The summed E-state index contributed by atoms with van der Waals surface area (Å²) < 4.78 is 5.97. The van der Waals surface area contributed by atoms with Gasteiger partial charge in [0.25, 0.3) is 0 Å². The highest BCUT2D eigenvalue weighted by molar-refractivity contribution is 7.15. The van der Waals surface area contributed by atoms with Crippen molar-refractivity contribution in [3.05, 3.63) is 10.6 Å². The van der Waals surface area contributed by atoms with E-state index in [1.54, 1.807) is 0 Å². The van der Waals surface area contributed by atoms with Gasteiger partial charge in [0.2, 0.25) is 0 Å². The van der Waals surface area contributed by atoms with E-state index >= 15 is 0 Å². The van der Waals surface area contributed by atoms with E-state index in [0.717, 1.165) is 0 Å². The lowest BCUT2D eigenvalue weighted by molar-refractivity contribution is 0.0688. The van der Waals surface area contributed by atoms with Crippen molar-refractivity contribution < 1.29 is 14.3 Å². The number of hydrogen-bond acceptors (Lipinski definition) is 5. The minimum Gasteiger partial charge on any atom is -0.476 e. The lowest BCUT2D eigenvalue weighted by Gasteiger charge is -2.36. The molecule has 3 N–H and O–H groups in total. The molecule has 0 saturated heterocycles. The number of thiazole rings is 1. The van der Waals surface area contributed by atoms with Crippen molar-refractivity contribution in [2.24, 2.45) is 0 Å². The third-order valence-electron chi connectivity index (χ3n) is 3.29. The van der Waals surface area contributed by atoms with Crippen molar-refractivity contribution in [1.82, 2.24) is 4.98 Å². The molecule has 0 saturated carbocycles. The summed E-state index contributed by atoms with van der Waals surface area (Å²) in [6, 6.07) is 0. The van der Waals surface area contributed by atoms with E-state index in [1.165, 1.54) is 11.3 Å². The van der Waals surface area contributed by atoms with Gasteiger partial charge in [-0.3, -0.25) is 0 Å². The Labute approximate surface area is 112 Å². The van der Waals surface area contributed by atoms with Crippen LogP contribution >= 0.6 is 11.3 Å². The van der Waals surface area contributed by atoms with Crippen molar-refractivity contribution in [2.75, 3.05) is 5.73 Å². The van der Waals surface area contributed by atoms with E-state index < -0.39 is 14.3 Å². The predicted octanol–water partition coefficient (Wildman–Crippen LogP) is 2.95. The maximum absolute atomic E-state index is 11.0. The van der Waals surface area contributed by atoms with Crippen LogP contribution in [0.3, 0.4) is 0 Å². The summed E-state index contributed by atoms with van der Waals surface area (Å²) in [5.41, 5.74) is 5.55. The molecule has 1 rings (SSSR count). The third-order valence-corrected chi connectivity index (χ3v) is 8.62. The molecule has 102 valence electrons. The highest BCUT2D eigenvalue weighted by Crippen LogP contribution is 2.37. The second-order valence-electron chi connectivity index (χ2n) is 5.68. The Bertz CT molecular complexity index is 452. The fourth-order valence-electron chi connectivity index (χ4n) is 1.10. The normalized spacial score (nSPS) is 12.7. The van der Waals surface area contributed by atoms with E-state index in [1.807, 2.05) is 0 Å². The van der Waals surface area contributed by atoms with Crippen molar-refractivity contribution >= 4 is 30.8 Å². The summed E-state index contributed by atoms with van der Waals surface area (Å²) >= 11 is 1.18. The first-order chi connectivity index (χ1) is 8.04. The summed E-state index contributed by atoms with van der Waals surface area (Å²) in [6.07, 6.45) is 0. The van der Waals surface area contributed by atoms with Gasteiger partial charge < -0.3 is 15.3 Å². The van der Waals surface area contributed by atoms with Gasteiger partial charge in [-0.2, -0.15) is 0 Å². The molecule has 0 spiro atoms. The van der Waals surface area contributed by atoms with Gasteiger partial charge in [-0.05, 0) is 18.1 Å². The van der Waals surface area contributed by atoms with E-state index in [0.29, 0.717) is 4.88 Å². The largest absolute Gasteiger partial charge is 0.476 e. The van der Waals surface area contributed by atoms with Gasteiger partial charge in [0.15, 0.2) is 19.1 Å². The monoisotopic (exact) mass is 288 g/mol. The lowest BCUT2D eigenvalue weighted by Crippen LogP contribution is -2.40. The fourth-order valence-corrected chi connectivity index (χ4v) is 2.88. The molecular formula is C11H20N2O3SSi. The summed E-state index contributed by atoms with van der Waals surface area (Å²) in [5, 5.41) is 9.37. The molecular weight excluding hydrogens is 268 g/mol. The molecule has 0 amide bonds. The quantitative estimate of drug-likeness (QED) is 0.832. The number of anilines is 1. The molecule has 5 nitrogen and oxygen atoms in total. The number of carbonyl (C=O) groups is 1. The number of rotatable bonds is 4. The average molecular weight is 288 g/mol. The molecule has 0 radical (unpaired) electrons. The van der Waals surface area contributed by atoms with Gasteiger partial charge in [0.05, 0.1) is 11.5 Å². The average Bonchev–Trinajstić information content (AvgIpc) is 2.55. The van der Waals surface area contributed by atoms with Crippen molar-refractivity contribution in [1.29, 1.82) is 0 Å². The molecule has 1 heterocycles. The summed E-state index contributed by atoms with van der Waals surface area (Å²) in [7, 11) is -1.89. The number of carboxylic acids is 1. The maximum atomic E-state index is 11.0. The molecule has 18 heavy (non-hydrogen) atoms. The van der Waals surface area contributed by atoms with Crippen LogP contribution in [0.5, 0.6) is 0 Å². The Hall–Kier alpha value is -0.923. The van der Waals surface area contributed by atoms with Gasteiger partial charge in [-0.1, -0.05) is 32.1 Å². The topological polar surface area (TPSA) is 85.4 Å². The van der Waals surface area contributed by atoms with E-state index in [4.69, 9.17) is 15.3 Å². The summed E-state index contributed by atoms with van der Waals surface area (Å²) in [6.45, 7) is 10.9. The van der Waals surface area contributed by atoms with Crippen molar-refractivity contribution in [3.63, 3.8) is 0 Å². The van der Waals surface area contributed by atoms with E-state index in [2.05, 4.69) is 38.8 Å². The van der Waals surface area contributed by atoms with Crippen LogP contribution in [-0.4, -0.2) is 24.4 Å². The molecule has 0 bridgehead atoms. The number of hydrogen-bond donors (Lipinski definition) is 2. The highest BCUT2D eigenvalue weighted by Gasteiger charge is 2.37. The molecule has 1 aromatic rings. The second kappa shape index (κ2) is 4.98. The molecule has 1 aromatic heterocycles. The number of nitrogen functional groups attached to an aromatic ring is 1. The standard InChI is InChI=1S/C11H20N2O3SSi/c1-11(2,3)18(4,5)16-6-7-8(9(14)15)13-10(12)17-7/h6H2,1-5H3,(H2,12,13)(H,14,15). The van der Waals surface area contributed by atoms with Crippen LogP contribution in [0.4, 0.5) is 5.13 Å². The summed E-state index contributed by atoms with van der Waals surface area (Å²) in [4.78, 5) is 15.4. The Morgan fingerprint density at radius 2 is 2.06 bits per heavy atom. The number of carboxylic acid groups (broad SMARTS) is 1. The van der Waals surface area contributed by atoms with Gasteiger partial charge in [-0.25, -0.2) is 9.78 Å². The Kier molecular flexibility index (Phi) is 4.19. The van der Waals surface area contributed by atoms with Crippen LogP contribution in [0.2, 0.25) is 18.1 Å². The molecule has 0 atom stereocenters. The molecule has 0 aliphatic carbocycles. The molecule has 0 aliphatic rings. The molecule has 7 heteroatoms. The molecule has 0 aromatic carbocycles. The number of nitrogens with zero attached hydrogens (tertiary/aromatic N) is 1. The molecule has 0 aliphatic heterocycles. The van der Waals surface area contributed by atoms with Gasteiger partial charge in [0, 0.05) is 0 Å². The van der Waals surface area contributed by atoms with Gasteiger partial charge in [0.1, 0.15) is 0 Å². The highest BCUT2D eigenvalue weighted by atomic mass is 32.1. The van der Waals surface area contributed by atoms with Crippen LogP contribution < -0.4 is 5.73 Å². The first-order valence-electron chi connectivity index (χ1n) is 5.67. The maximum Gasteiger partial charge on any atom is 0.355 e. The second-order valence-corrected chi connectivity index (χ2v) is 11.6. The van der Waals surface area contributed by atoms with Crippen molar-refractivity contribution in [3.8, 4) is 0 Å². The van der Waals surface area contributed by atoms with E-state index in [9.17, 15) is 4.79 Å². The molecule has 0 fully saturated rings. The van der Waals surface area contributed by atoms with Crippen LogP contribution in [0, 0.1) is 0 Å². The van der Waals surface area contributed by atoms with Crippen LogP contribution in [0.25, 0.3) is 0 Å². The van der Waals surface area contributed by atoms with E-state index in [-0.39, 0.29) is 22.5 Å². The number of aromatic nitrogens is 1. The van der Waals surface area contributed by atoms with Gasteiger partial charge in [-0.15, -0.1) is 0 Å². The van der Waals surface area contributed by atoms with Crippen LogP contribution in [0.15, 0.2) is 0 Å². The van der Waals surface area contributed by atoms with Crippen LogP contribution in [-0.2, 0) is 11.0 Å². The first kappa shape index (κ1) is 15.1.